The molecule has 0 bridgehead atoms. The van der Waals surface area contributed by atoms with Crippen molar-refractivity contribution in [2.45, 2.75) is 44.6 Å². The first-order valence-electron chi connectivity index (χ1n) is 11.8. The van der Waals surface area contributed by atoms with Crippen molar-refractivity contribution >= 4 is 5.91 Å². The number of fused-ring (bicyclic) bond motifs is 1. The van der Waals surface area contributed by atoms with Crippen LogP contribution < -0.4 is 4.74 Å². The number of aromatic nitrogens is 3. The van der Waals surface area contributed by atoms with Crippen LogP contribution in [0.5, 0.6) is 5.75 Å². The molecule has 1 fully saturated rings. The summed E-state index contributed by atoms with van der Waals surface area (Å²) in [4.78, 5) is 20.1. The summed E-state index contributed by atoms with van der Waals surface area (Å²) in [6.45, 7) is 1.54. The largest absolute Gasteiger partial charge is 0.497 e. The number of carbonyl (C=O) groups is 1. The number of amides is 1. The van der Waals surface area contributed by atoms with Crippen molar-refractivity contribution in [2.24, 2.45) is 0 Å². The molecule has 1 aliphatic heterocycles. The van der Waals surface area contributed by atoms with Crippen LogP contribution in [-0.2, 0) is 24.0 Å². The van der Waals surface area contributed by atoms with Crippen molar-refractivity contribution in [1.29, 1.82) is 0 Å². The SMILES string of the molecule is COc1cccc(Cc2cccc(C3CN(C(=O)c4n[nH]c5c4CCCCC5)CCO3)n2)c1. The summed E-state index contributed by atoms with van der Waals surface area (Å²) in [7, 11) is 1.67. The second kappa shape index (κ2) is 9.75. The Balaban J connectivity index is 1.30. The van der Waals surface area contributed by atoms with Gasteiger partial charge in [0.15, 0.2) is 5.69 Å². The van der Waals surface area contributed by atoms with Crippen LogP contribution in [0.1, 0.15) is 64.1 Å². The predicted octanol–water partition coefficient (Wildman–Crippen LogP) is 3.89. The lowest BCUT2D eigenvalue weighted by molar-refractivity contribution is -0.0250. The highest BCUT2D eigenvalue weighted by atomic mass is 16.5. The maximum absolute atomic E-state index is 13.3. The second-order valence-corrected chi connectivity index (χ2v) is 8.78. The zero-order chi connectivity index (χ0) is 22.6. The summed E-state index contributed by atoms with van der Waals surface area (Å²) >= 11 is 0. The standard InChI is InChI=1S/C26H30N4O3/c1-32-20-9-5-7-18(16-20)15-19-8-6-12-23(27-19)24-17-30(13-14-33-24)26(31)25-21-10-3-2-4-11-22(21)28-29-25/h5-9,12,16,24H,2-4,10-11,13-15,17H2,1H3,(H,28,29). The van der Waals surface area contributed by atoms with Crippen molar-refractivity contribution in [3.63, 3.8) is 0 Å². The number of nitrogens with one attached hydrogen (secondary N) is 1. The van der Waals surface area contributed by atoms with E-state index in [9.17, 15) is 4.79 Å². The Morgan fingerprint density at radius 2 is 2.06 bits per heavy atom. The average Bonchev–Trinajstić information content (AvgIpc) is 3.11. The van der Waals surface area contributed by atoms with E-state index in [-0.39, 0.29) is 12.0 Å². The molecule has 0 saturated carbocycles. The quantitative estimate of drug-likeness (QED) is 0.602. The van der Waals surface area contributed by atoms with E-state index in [0.29, 0.717) is 31.8 Å². The molecule has 33 heavy (non-hydrogen) atoms. The molecule has 0 spiro atoms. The van der Waals surface area contributed by atoms with Crippen LogP contribution >= 0.6 is 0 Å². The van der Waals surface area contributed by atoms with Gasteiger partial charge in [-0.3, -0.25) is 14.9 Å². The molecule has 3 aromatic rings. The summed E-state index contributed by atoms with van der Waals surface area (Å²) in [5.41, 5.74) is 5.79. The normalized spacial score (nSPS) is 18.5. The molecule has 5 rings (SSSR count). The van der Waals surface area contributed by atoms with E-state index in [2.05, 4.69) is 16.3 Å². The van der Waals surface area contributed by atoms with E-state index in [1.54, 1.807) is 7.11 Å². The molecule has 2 aromatic heterocycles. The fourth-order valence-corrected chi connectivity index (χ4v) is 4.76. The molecule has 2 aliphatic rings. The molecular weight excluding hydrogens is 416 g/mol. The highest BCUT2D eigenvalue weighted by Crippen LogP contribution is 2.26. The van der Waals surface area contributed by atoms with Crippen LogP contribution in [0.25, 0.3) is 0 Å². The number of hydrogen-bond acceptors (Lipinski definition) is 5. The van der Waals surface area contributed by atoms with Crippen molar-refractivity contribution in [3.8, 4) is 5.75 Å². The number of aromatic amines is 1. The van der Waals surface area contributed by atoms with E-state index in [1.165, 1.54) is 6.42 Å². The highest BCUT2D eigenvalue weighted by Gasteiger charge is 2.30. The van der Waals surface area contributed by atoms with Gasteiger partial charge >= 0.3 is 0 Å². The zero-order valence-corrected chi connectivity index (χ0v) is 19.0. The number of morpholine rings is 1. The van der Waals surface area contributed by atoms with E-state index in [0.717, 1.165) is 59.6 Å². The first-order valence-corrected chi connectivity index (χ1v) is 11.8. The molecule has 1 saturated heterocycles. The summed E-state index contributed by atoms with van der Waals surface area (Å²) in [6, 6.07) is 14.0. The van der Waals surface area contributed by atoms with Crippen LogP contribution in [-0.4, -0.2) is 52.8 Å². The van der Waals surface area contributed by atoms with Gasteiger partial charge in [0, 0.05) is 29.9 Å². The Hall–Kier alpha value is -3.19. The first kappa shape index (κ1) is 21.6. The number of ether oxygens (including phenoxy) is 2. The number of methoxy groups -OCH3 is 1. The smallest absolute Gasteiger partial charge is 0.274 e. The van der Waals surface area contributed by atoms with Crippen LogP contribution in [0.15, 0.2) is 42.5 Å². The number of pyridine rings is 1. The third-order valence-electron chi connectivity index (χ3n) is 6.54. The fraction of sp³-hybridized carbons (Fsp3) is 0.423. The molecule has 1 amide bonds. The molecule has 1 atom stereocenters. The number of nitrogens with zero attached hydrogens (tertiary/aromatic N) is 3. The lowest BCUT2D eigenvalue weighted by Gasteiger charge is -2.32. The summed E-state index contributed by atoms with van der Waals surface area (Å²) in [5, 5.41) is 7.52. The topological polar surface area (TPSA) is 80.3 Å². The first-order chi connectivity index (χ1) is 16.2. The Morgan fingerprint density at radius 3 is 2.97 bits per heavy atom. The number of carbonyl (C=O) groups excluding carboxylic acids is 1. The van der Waals surface area contributed by atoms with Gasteiger partial charge in [-0.15, -0.1) is 0 Å². The van der Waals surface area contributed by atoms with Gasteiger partial charge in [-0.2, -0.15) is 5.10 Å². The van der Waals surface area contributed by atoms with Gasteiger partial charge < -0.3 is 14.4 Å². The molecule has 1 aromatic carbocycles. The van der Waals surface area contributed by atoms with Crippen molar-refractivity contribution in [2.75, 3.05) is 26.8 Å². The fourth-order valence-electron chi connectivity index (χ4n) is 4.76. The summed E-state index contributed by atoms with van der Waals surface area (Å²) in [5.74, 6) is 0.833. The van der Waals surface area contributed by atoms with Crippen LogP contribution in [0.2, 0.25) is 0 Å². The van der Waals surface area contributed by atoms with Crippen molar-refractivity contribution < 1.29 is 14.3 Å². The third kappa shape index (κ3) is 4.78. The van der Waals surface area contributed by atoms with Crippen LogP contribution in [0, 0.1) is 0 Å². The van der Waals surface area contributed by atoms with Gasteiger partial charge in [-0.05, 0) is 55.5 Å². The minimum Gasteiger partial charge on any atom is -0.497 e. The van der Waals surface area contributed by atoms with E-state index in [1.807, 2.05) is 41.3 Å². The molecule has 0 radical (unpaired) electrons. The molecular formula is C26H30N4O3. The maximum atomic E-state index is 13.3. The molecule has 1 N–H and O–H groups in total. The van der Waals surface area contributed by atoms with Gasteiger partial charge in [-0.1, -0.05) is 24.6 Å². The minimum absolute atomic E-state index is 0.00441. The van der Waals surface area contributed by atoms with Gasteiger partial charge in [0.2, 0.25) is 0 Å². The maximum Gasteiger partial charge on any atom is 0.274 e. The number of rotatable bonds is 5. The Kier molecular flexibility index (Phi) is 6.39. The molecule has 1 unspecified atom stereocenters. The Morgan fingerprint density at radius 1 is 1.18 bits per heavy atom. The Bertz CT molecular complexity index is 1130. The van der Waals surface area contributed by atoms with Crippen molar-refractivity contribution in [1.82, 2.24) is 20.1 Å². The van der Waals surface area contributed by atoms with Gasteiger partial charge in [0.25, 0.3) is 5.91 Å². The number of benzene rings is 1. The third-order valence-corrected chi connectivity index (χ3v) is 6.54. The number of H-pyrrole nitrogens is 1. The average molecular weight is 447 g/mol. The predicted molar refractivity (Wildman–Crippen MR) is 124 cm³/mol. The number of aryl methyl sites for hydroxylation is 1. The zero-order valence-electron chi connectivity index (χ0n) is 19.0. The van der Waals surface area contributed by atoms with Gasteiger partial charge in [0.1, 0.15) is 11.9 Å². The van der Waals surface area contributed by atoms with Gasteiger partial charge in [0.05, 0.1) is 26.0 Å². The highest BCUT2D eigenvalue weighted by molar-refractivity contribution is 5.94. The van der Waals surface area contributed by atoms with E-state index in [4.69, 9.17) is 14.5 Å². The second-order valence-electron chi connectivity index (χ2n) is 8.78. The molecule has 1 aliphatic carbocycles. The summed E-state index contributed by atoms with van der Waals surface area (Å²) in [6.07, 6.45) is 5.83. The molecule has 3 heterocycles. The van der Waals surface area contributed by atoms with Crippen molar-refractivity contribution in [3.05, 3.63) is 76.4 Å². The van der Waals surface area contributed by atoms with Crippen LogP contribution in [0.3, 0.4) is 0 Å². The molecule has 7 heteroatoms. The van der Waals surface area contributed by atoms with E-state index < -0.39 is 0 Å². The minimum atomic E-state index is -0.245. The monoisotopic (exact) mass is 446 g/mol. The lowest BCUT2D eigenvalue weighted by Crippen LogP contribution is -2.43. The molecule has 172 valence electrons. The molecule has 7 nitrogen and oxygen atoms in total. The van der Waals surface area contributed by atoms with Crippen LogP contribution in [0.4, 0.5) is 0 Å². The summed E-state index contributed by atoms with van der Waals surface area (Å²) < 4.78 is 11.4. The van der Waals surface area contributed by atoms with Gasteiger partial charge in [-0.25, -0.2) is 0 Å². The van der Waals surface area contributed by atoms with E-state index >= 15 is 0 Å². The number of hydrogen-bond donors (Lipinski definition) is 1. The lowest BCUT2D eigenvalue weighted by atomic mass is 10.1. The Labute approximate surface area is 194 Å².